The Morgan fingerprint density at radius 2 is 1.35 bits per heavy atom. The third-order valence-corrected chi connectivity index (χ3v) is 8.70. The van der Waals surface area contributed by atoms with Gasteiger partial charge in [-0.15, -0.1) is 0 Å². The second-order valence-corrected chi connectivity index (χ2v) is 11.7. The first-order valence-electron chi connectivity index (χ1n) is 14.7. The number of esters is 1. The molecule has 196 valence electrons. The Balaban J connectivity index is 1.41. The molecule has 0 aromatic carbocycles. The molecule has 0 saturated heterocycles. The monoisotopic (exact) mass is 476 g/mol. The Bertz CT molecular complexity index is 584. The van der Waals surface area contributed by atoms with Crippen molar-refractivity contribution in [3.63, 3.8) is 0 Å². The van der Waals surface area contributed by atoms with E-state index in [9.17, 15) is 9.59 Å². The summed E-state index contributed by atoms with van der Waals surface area (Å²) >= 11 is 0. The Labute approximate surface area is 209 Å². The van der Waals surface area contributed by atoms with Crippen LogP contribution in [0.4, 0.5) is 0 Å². The van der Waals surface area contributed by atoms with Crippen LogP contribution in [0.3, 0.4) is 0 Å². The number of carbonyl (C=O) groups is 2. The highest BCUT2D eigenvalue weighted by atomic mass is 16.5. The summed E-state index contributed by atoms with van der Waals surface area (Å²) in [4.78, 5) is 27.6. The van der Waals surface area contributed by atoms with E-state index in [4.69, 9.17) is 4.74 Å². The zero-order chi connectivity index (χ0) is 24.3. The summed E-state index contributed by atoms with van der Waals surface area (Å²) in [5.74, 6) is 0.329. The Morgan fingerprint density at radius 1 is 0.824 bits per heavy atom. The van der Waals surface area contributed by atoms with Gasteiger partial charge in [-0.3, -0.25) is 14.5 Å². The second-order valence-electron chi connectivity index (χ2n) is 11.7. The van der Waals surface area contributed by atoms with Crippen LogP contribution >= 0.6 is 0 Å². The van der Waals surface area contributed by atoms with Crippen LogP contribution in [0.15, 0.2) is 0 Å². The summed E-state index contributed by atoms with van der Waals surface area (Å²) in [6.07, 6.45) is 20.7. The molecule has 3 rings (SSSR count). The quantitative estimate of drug-likeness (QED) is 0.351. The number of rotatable bonds is 11. The van der Waals surface area contributed by atoms with E-state index in [0.29, 0.717) is 25.4 Å². The molecule has 5 heteroatoms. The summed E-state index contributed by atoms with van der Waals surface area (Å²) in [6.45, 7) is 6.51. The molecule has 0 heterocycles. The van der Waals surface area contributed by atoms with Gasteiger partial charge in [0.05, 0.1) is 6.61 Å². The fourth-order valence-electron chi connectivity index (χ4n) is 6.76. The van der Waals surface area contributed by atoms with Crippen LogP contribution in [0.5, 0.6) is 0 Å². The first-order valence-corrected chi connectivity index (χ1v) is 14.7. The highest BCUT2D eigenvalue weighted by molar-refractivity contribution is 5.79. The third-order valence-electron chi connectivity index (χ3n) is 8.70. The normalized spacial score (nSPS) is 25.9. The Hall–Kier alpha value is -1.10. The molecule has 0 aromatic rings. The number of hydrogen-bond acceptors (Lipinski definition) is 4. The summed E-state index contributed by atoms with van der Waals surface area (Å²) < 4.78 is 5.68. The predicted octanol–water partition coefficient (Wildman–Crippen LogP) is 6.39. The van der Waals surface area contributed by atoms with Gasteiger partial charge in [-0.05, 0) is 84.0 Å². The van der Waals surface area contributed by atoms with Crippen molar-refractivity contribution in [2.24, 2.45) is 11.8 Å². The number of nitrogens with zero attached hydrogens (tertiary/aromatic N) is 1. The third kappa shape index (κ3) is 8.53. The van der Waals surface area contributed by atoms with Gasteiger partial charge < -0.3 is 10.1 Å². The summed E-state index contributed by atoms with van der Waals surface area (Å²) in [6, 6.07) is 2.50. The van der Waals surface area contributed by atoms with E-state index < -0.39 is 0 Å². The maximum atomic E-state index is 12.4. The Kier molecular flexibility index (Phi) is 11.7. The van der Waals surface area contributed by atoms with Crippen LogP contribution < -0.4 is 5.32 Å². The van der Waals surface area contributed by atoms with E-state index in [1.165, 1.54) is 89.9 Å². The number of carbonyl (C=O) groups excluding carboxylic acids is 2. The average molecular weight is 477 g/mol. The summed E-state index contributed by atoms with van der Waals surface area (Å²) in [7, 11) is 0. The van der Waals surface area contributed by atoms with Crippen LogP contribution in [0, 0.1) is 11.8 Å². The van der Waals surface area contributed by atoms with Gasteiger partial charge in [0.2, 0.25) is 5.91 Å². The van der Waals surface area contributed by atoms with Gasteiger partial charge in [0.15, 0.2) is 0 Å². The van der Waals surface area contributed by atoms with Crippen molar-refractivity contribution in [1.82, 2.24) is 10.2 Å². The molecule has 1 N–H and O–H groups in total. The molecule has 1 atom stereocenters. The lowest BCUT2D eigenvalue weighted by Gasteiger charge is -2.48. The number of hydrogen-bond donors (Lipinski definition) is 1. The summed E-state index contributed by atoms with van der Waals surface area (Å²) in [5, 5.41) is 2.97. The molecule has 3 aliphatic rings. The standard InChI is InChI=1S/C29H52N2O3/c1-4-24(29(33)30-22(2)3)17-20-28(32)34-21-23-15-18-27(19-16-23)31(25-11-7-5-8-12-25)26-13-9-6-10-14-26/h22-27H,4-21H2,1-3H3,(H,30,33). The first kappa shape index (κ1) is 27.5. The minimum Gasteiger partial charge on any atom is -0.465 e. The minimum atomic E-state index is -0.135. The van der Waals surface area contributed by atoms with E-state index in [1.54, 1.807) is 0 Å². The number of nitrogens with one attached hydrogen (secondary N) is 1. The molecule has 1 unspecified atom stereocenters. The molecule has 0 aromatic heterocycles. The SMILES string of the molecule is CCC(CCC(=O)OCC1CCC(N(C2CCCCC2)C2CCCCC2)CC1)C(=O)NC(C)C. The lowest BCUT2D eigenvalue weighted by atomic mass is 9.81. The molecule has 1 amide bonds. The van der Waals surface area contributed by atoms with Crippen molar-refractivity contribution in [2.45, 2.75) is 154 Å². The largest absolute Gasteiger partial charge is 0.465 e. The Morgan fingerprint density at radius 3 is 1.85 bits per heavy atom. The molecule has 3 saturated carbocycles. The first-order chi connectivity index (χ1) is 16.5. The number of amides is 1. The van der Waals surface area contributed by atoms with Crippen molar-refractivity contribution in [3.05, 3.63) is 0 Å². The molecular formula is C29H52N2O3. The fourth-order valence-corrected chi connectivity index (χ4v) is 6.76. The maximum absolute atomic E-state index is 12.4. The topological polar surface area (TPSA) is 58.6 Å². The van der Waals surface area contributed by atoms with Crippen LogP contribution in [-0.4, -0.2) is 47.6 Å². The van der Waals surface area contributed by atoms with Gasteiger partial charge in [-0.25, -0.2) is 0 Å². The predicted molar refractivity (Wildman–Crippen MR) is 139 cm³/mol. The van der Waals surface area contributed by atoms with Crippen LogP contribution in [0.2, 0.25) is 0 Å². The van der Waals surface area contributed by atoms with Crippen molar-refractivity contribution in [3.8, 4) is 0 Å². The van der Waals surface area contributed by atoms with Crippen molar-refractivity contribution >= 4 is 11.9 Å². The zero-order valence-corrected chi connectivity index (χ0v) is 22.4. The van der Waals surface area contributed by atoms with Gasteiger partial charge in [0.1, 0.15) is 0 Å². The minimum absolute atomic E-state index is 0.0594. The van der Waals surface area contributed by atoms with E-state index >= 15 is 0 Å². The highest BCUT2D eigenvalue weighted by Crippen LogP contribution is 2.37. The van der Waals surface area contributed by atoms with Gasteiger partial charge in [-0.1, -0.05) is 45.4 Å². The fraction of sp³-hybridized carbons (Fsp3) is 0.931. The molecular weight excluding hydrogens is 424 g/mol. The van der Waals surface area contributed by atoms with Crippen LogP contribution in [0.1, 0.15) is 130 Å². The molecule has 5 nitrogen and oxygen atoms in total. The van der Waals surface area contributed by atoms with E-state index in [0.717, 1.165) is 24.5 Å². The molecule has 0 radical (unpaired) electrons. The molecule has 0 bridgehead atoms. The lowest BCUT2D eigenvalue weighted by molar-refractivity contribution is -0.146. The number of ether oxygens (including phenoxy) is 1. The van der Waals surface area contributed by atoms with Crippen LogP contribution in [0.25, 0.3) is 0 Å². The molecule has 3 aliphatic carbocycles. The highest BCUT2D eigenvalue weighted by Gasteiger charge is 2.36. The van der Waals surface area contributed by atoms with Crippen molar-refractivity contribution in [2.75, 3.05) is 6.61 Å². The van der Waals surface area contributed by atoms with E-state index in [2.05, 4.69) is 10.2 Å². The lowest BCUT2D eigenvalue weighted by Crippen LogP contribution is -2.52. The van der Waals surface area contributed by atoms with Crippen molar-refractivity contribution < 1.29 is 14.3 Å². The van der Waals surface area contributed by atoms with E-state index in [-0.39, 0.29) is 23.8 Å². The second kappa shape index (κ2) is 14.5. The molecule has 34 heavy (non-hydrogen) atoms. The molecule has 0 aliphatic heterocycles. The molecule has 3 fully saturated rings. The summed E-state index contributed by atoms with van der Waals surface area (Å²) in [5.41, 5.74) is 0. The van der Waals surface area contributed by atoms with Gasteiger partial charge in [0, 0.05) is 36.5 Å². The van der Waals surface area contributed by atoms with Gasteiger partial charge >= 0.3 is 5.97 Å². The average Bonchev–Trinajstić information content (AvgIpc) is 2.85. The van der Waals surface area contributed by atoms with Crippen molar-refractivity contribution in [1.29, 1.82) is 0 Å². The van der Waals surface area contributed by atoms with Gasteiger partial charge in [0.25, 0.3) is 0 Å². The van der Waals surface area contributed by atoms with Crippen LogP contribution in [-0.2, 0) is 14.3 Å². The smallest absolute Gasteiger partial charge is 0.305 e. The van der Waals surface area contributed by atoms with E-state index in [1.807, 2.05) is 20.8 Å². The maximum Gasteiger partial charge on any atom is 0.305 e. The van der Waals surface area contributed by atoms with Gasteiger partial charge in [-0.2, -0.15) is 0 Å². The molecule has 0 spiro atoms. The zero-order valence-electron chi connectivity index (χ0n) is 22.4.